The monoisotopic (exact) mass is 138 g/mol. The largest absolute Gasteiger partial charge is 1.00 e. The average Bonchev–Trinajstić information content (AvgIpc) is 1.68. The molecule has 0 unspecified atom stereocenters. The normalized spacial score (nSPS) is 9.25. The summed E-state index contributed by atoms with van der Waals surface area (Å²) in [4.78, 5) is 0. The fourth-order valence-electron chi connectivity index (χ4n) is 0.248. The molecule has 0 heterocycles. The van der Waals surface area contributed by atoms with Crippen molar-refractivity contribution in [3.05, 3.63) is 0 Å². The minimum absolute atomic E-state index is 0. The Labute approximate surface area is 51.4 Å². The molecule has 0 spiro atoms. The number of hydrogen-bond donors (Lipinski definition) is 0. The van der Waals surface area contributed by atoms with Crippen molar-refractivity contribution in [2.75, 3.05) is 13.2 Å². The molecule has 0 bridgehead atoms. The zero-order chi connectivity index (χ0) is 6.41. The van der Waals surface area contributed by atoms with Crippen molar-refractivity contribution in [1.82, 2.24) is 0 Å². The number of hydrogen-bond acceptors (Lipinski definition) is 3. The molecule has 0 atom stereocenters. The molecule has 0 saturated heterocycles. The van der Waals surface area contributed by atoms with Crippen molar-refractivity contribution in [1.29, 1.82) is 0 Å². The van der Waals surface area contributed by atoms with Crippen molar-refractivity contribution in [2.45, 2.75) is 13.8 Å². The van der Waals surface area contributed by atoms with Crippen LogP contribution in [0.5, 0.6) is 0 Å². The molecular weight excluding hydrogens is 127 g/mol. The van der Waals surface area contributed by atoms with Crippen molar-refractivity contribution < 1.29 is 15.0 Å². The molecule has 4 heteroatoms. The first-order valence-corrected chi connectivity index (χ1v) is 3.63. The van der Waals surface area contributed by atoms with Gasteiger partial charge in [-0.2, -0.15) is 0 Å². The molecule has 0 aromatic rings. The van der Waals surface area contributed by atoms with E-state index in [1.54, 1.807) is 13.8 Å². The Balaban J connectivity index is 0. The van der Waals surface area contributed by atoms with E-state index in [1.807, 2.05) is 0 Å². The van der Waals surface area contributed by atoms with E-state index in [2.05, 4.69) is 9.05 Å². The molecule has 0 N–H and O–H groups in total. The van der Waals surface area contributed by atoms with Crippen LogP contribution in [0.2, 0.25) is 0 Å². The molecular formula is C4H11O3P+2. The summed E-state index contributed by atoms with van der Waals surface area (Å²) in [7, 11) is -1.83. The lowest BCUT2D eigenvalue weighted by Crippen LogP contribution is -1.81. The summed E-state index contributed by atoms with van der Waals surface area (Å²) in [5.74, 6) is 0. The lowest BCUT2D eigenvalue weighted by atomic mass is 10.9. The van der Waals surface area contributed by atoms with Crippen LogP contribution in [0.1, 0.15) is 15.3 Å². The molecule has 0 rings (SSSR count). The van der Waals surface area contributed by atoms with Crippen molar-refractivity contribution in [3.63, 3.8) is 0 Å². The van der Waals surface area contributed by atoms with E-state index in [-0.39, 0.29) is 1.43 Å². The molecule has 0 saturated carbocycles. The maximum absolute atomic E-state index is 10.3. The van der Waals surface area contributed by atoms with Crippen molar-refractivity contribution in [2.24, 2.45) is 0 Å². The van der Waals surface area contributed by atoms with Crippen molar-refractivity contribution >= 4 is 8.25 Å². The minimum atomic E-state index is -1.83. The highest BCUT2D eigenvalue weighted by Crippen LogP contribution is 2.21. The minimum Gasteiger partial charge on any atom is -0.119 e. The van der Waals surface area contributed by atoms with Gasteiger partial charge >= 0.3 is 9.68 Å². The van der Waals surface area contributed by atoms with Gasteiger partial charge < -0.3 is 0 Å². The van der Waals surface area contributed by atoms with Crippen LogP contribution in [-0.4, -0.2) is 13.2 Å². The van der Waals surface area contributed by atoms with Gasteiger partial charge in [0.05, 0.1) is 0 Å². The predicted octanol–water partition coefficient (Wildman–Crippen LogP) is 1.83. The van der Waals surface area contributed by atoms with Crippen molar-refractivity contribution in [3.8, 4) is 0 Å². The standard InChI is InChI=1S/C4H10O3P/c1-3-6-8(5)7-4-2/h3-4H2,1-2H3/q+1/p+1. The highest BCUT2D eigenvalue weighted by atomic mass is 31.1. The first-order valence-electron chi connectivity index (χ1n) is 2.54. The predicted molar refractivity (Wildman–Crippen MR) is 32.0 cm³/mol. The van der Waals surface area contributed by atoms with Gasteiger partial charge in [0.1, 0.15) is 13.2 Å². The van der Waals surface area contributed by atoms with Gasteiger partial charge in [0.15, 0.2) is 0 Å². The molecule has 0 amide bonds. The molecule has 8 heavy (non-hydrogen) atoms. The average molecular weight is 138 g/mol. The molecule has 0 radical (unpaired) electrons. The van der Waals surface area contributed by atoms with Crippen LogP contribution in [0, 0.1) is 0 Å². The molecule has 0 aliphatic rings. The third-order valence-electron chi connectivity index (χ3n) is 0.469. The summed E-state index contributed by atoms with van der Waals surface area (Å²) in [5.41, 5.74) is 0. The van der Waals surface area contributed by atoms with Crippen LogP contribution in [-0.2, 0) is 13.6 Å². The van der Waals surface area contributed by atoms with Crippen LogP contribution in [0.4, 0.5) is 0 Å². The maximum Gasteiger partial charge on any atom is 1.00 e. The van der Waals surface area contributed by atoms with E-state index in [1.165, 1.54) is 0 Å². The van der Waals surface area contributed by atoms with E-state index in [0.717, 1.165) is 0 Å². The summed E-state index contributed by atoms with van der Waals surface area (Å²) in [5, 5.41) is 0. The Hall–Kier alpha value is 0.0200. The smallest absolute Gasteiger partial charge is 0.119 e. The lowest BCUT2D eigenvalue weighted by Gasteiger charge is -1.78. The van der Waals surface area contributed by atoms with Gasteiger partial charge in [-0.3, -0.25) is 0 Å². The second-order valence-electron chi connectivity index (χ2n) is 1.06. The first kappa shape index (κ1) is 8.02. The zero-order valence-electron chi connectivity index (χ0n) is 6.09. The molecule has 0 fully saturated rings. The topological polar surface area (TPSA) is 35.5 Å². The second kappa shape index (κ2) is 5.16. The fourth-order valence-corrected chi connectivity index (χ4v) is 0.744. The van der Waals surface area contributed by atoms with Gasteiger partial charge in [0, 0.05) is 4.57 Å². The van der Waals surface area contributed by atoms with Gasteiger partial charge in [-0.1, -0.05) is 0 Å². The Kier molecular flexibility index (Phi) is 5.18. The highest BCUT2D eigenvalue weighted by Gasteiger charge is 2.15. The van der Waals surface area contributed by atoms with E-state index >= 15 is 0 Å². The summed E-state index contributed by atoms with van der Waals surface area (Å²) in [6.07, 6.45) is 0. The maximum atomic E-state index is 10.3. The van der Waals surface area contributed by atoms with Crippen LogP contribution in [0.25, 0.3) is 0 Å². The van der Waals surface area contributed by atoms with E-state index in [0.29, 0.717) is 13.2 Å². The summed E-state index contributed by atoms with van der Waals surface area (Å²) >= 11 is 0. The number of rotatable bonds is 4. The molecule has 3 nitrogen and oxygen atoms in total. The van der Waals surface area contributed by atoms with Gasteiger partial charge in [-0.15, -0.1) is 9.05 Å². The molecule has 48 valence electrons. The van der Waals surface area contributed by atoms with E-state index in [9.17, 15) is 4.57 Å². The summed E-state index contributed by atoms with van der Waals surface area (Å²) < 4.78 is 19.5. The summed E-state index contributed by atoms with van der Waals surface area (Å²) in [6.45, 7) is 4.42. The second-order valence-corrected chi connectivity index (χ2v) is 2.02. The quantitative estimate of drug-likeness (QED) is 0.556. The van der Waals surface area contributed by atoms with E-state index < -0.39 is 8.25 Å². The third-order valence-corrected chi connectivity index (χ3v) is 1.41. The Bertz CT molecular complexity index is 70.2. The Morgan fingerprint density at radius 3 is 2.00 bits per heavy atom. The van der Waals surface area contributed by atoms with Gasteiger partial charge in [-0.05, 0) is 13.8 Å². The zero-order valence-corrected chi connectivity index (χ0v) is 5.98. The molecule has 0 aromatic carbocycles. The Morgan fingerprint density at radius 1 is 1.38 bits per heavy atom. The SMILES string of the molecule is CCO[P+](=O)OCC.[H+]. The third kappa shape index (κ3) is 4.19. The van der Waals surface area contributed by atoms with Gasteiger partial charge in [-0.25, -0.2) is 0 Å². The Morgan fingerprint density at radius 2 is 1.75 bits per heavy atom. The molecule has 0 aliphatic heterocycles. The van der Waals surface area contributed by atoms with Crippen LogP contribution in [0.3, 0.4) is 0 Å². The van der Waals surface area contributed by atoms with E-state index in [4.69, 9.17) is 0 Å². The van der Waals surface area contributed by atoms with Crippen LogP contribution < -0.4 is 0 Å². The fraction of sp³-hybridized carbons (Fsp3) is 1.00. The lowest BCUT2D eigenvalue weighted by molar-refractivity contribution is 0.243. The van der Waals surface area contributed by atoms with Crippen LogP contribution in [0.15, 0.2) is 0 Å². The molecule has 0 aromatic heterocycles. The van der Waals surface area contributed by atoms with Gasteiger partial charge in [0.2, 0.25) is 0 Å². The van der Waals surface area contributed by atoms with Crippen LogP contribution >= 0.6 is 8.25 Å². The summed E-state index contributed by atoms with van der Waals surface area (Å²) in [6, 6.07) is 0. The highest BCUT2D eigenvalue weighted by molar-refractivity contribution is 7.33. The molecule has 0 aliphatic carbocycles. The first-order chi connectivity index (χ1) is 3.81. The van der Waals surface area contributed by atoms with Gasteiger partial charge in [0.25, 0.3) is 0 Å².